The van der Waals surface area contributed by atoms with E-state index in [9.17, 15) is 0 Å². The lowest BCUT2D eigenvalue weighted by Crippen LogP contribution is -2.52. The molecule has 0 aromatic rings. The van der Waals surface area contributed by atoms with Gasteiger partial charge in [0.05, 0.1) is 12.2 Å². The molecular weight excluding hydrogens is 222 g/mol. The maximum absolute atomic E-state index is 5.94. The molecule has 0 spiro atoms. The Morgan fingerprint density at radius 1 is 1.17 bits per heavy atom. The Balaban J connectivity index is 1.62. The van der Waals surface area contributed by atoms with E-state index in [1.54, 1.807) is 0 Å². The number of hydrogen-bond donors (Lipinski definition) is 1. The summed E-state index contributed by atoms with van der Waals surface area (Å²) in [4.78, 5) is 0. The topological polar surface area (TPSA) is 21.3 Å². The minimum atomic E-state index is 0.457. The van der Waals surface area contributed by atoms with E-state index < -0.39 is 0 Å². The van der Waals surface area contributed by atoms with E-state index in [1.807, 2.05) is 0 Å². The summed E-state index contributed by atoms with van der Waals surface area (Å²) in [5.74, 6) is 0.934. The maximum Gasteiger partial charge on any atom is 0.0704 e. The SMILES string of the molecule is CC1CCC(CNC2C3(C)CCC(C3)C2(C)C)O1. The van der Waals surface area contributed by atoms with Crippen molar-refractivity contribution in [3.63, 3.8) is 0 Å². The van der Waals surface area contributed by atoms with E-state index in [0.717, 1.165) is 12.5 Å². The highest BCUT2D eigenvalue weighted by Crippen LogP contribution is 2.62. The first-order valence-electron chi connectivity index (χ1n) is 7.81. The van der Waals surface area contributed by atoms with Crippen molar-refractivity contribution in [1.82, 2.24) is 5.32 Å². The molecule has 0 aromatic carbocycles. The van der Waals surface area contributed by atoms with Crippen molar-refractivity contribution in [2.75, 3.05) is 6.54 Å². The second kappa shape index (κ2) is 4.21. The standard InChI is InChI=1S/C16H29NO/c1-11-5-6-13(18-11)10-17-14-15(2,3)12-7-8-16(14,4)9-12/h11-14,17H,5-10H2,1-4H3. The summed E-state index contributed by atoms with van der Waals surface area (Å²) >= 11 is 0. The number of hydrogen-bond acceptors (Lipinski definition) is 2. The van der Waals surface area contributed by atoms with E-state index in [-0.39, 0.29) is 0 Å². The van der Waals surface area contributed by atoms with Crippen molar-refractivity contribution in [2.24, 2.45) is 16.7 Å². The summed E-state index contributed by atoms with van der Waals surface area (Å²) < 4.78 is 5.94. The molecule has 1 saturated heterocycles. The molecule has 1 heterocycles. The van der Waals surface area contributed by atoms with Gasteiger partial charge in [0.25, 0.3) is 0 Å². The van der Waals surface area contributed by atoms with Gasteiger partial charge in [-0.3, -0.25) is 0 Å². The molecule has 2 nitrogen and oxygen atoms in total. The number of rotatable bonds is 3. The van der Waals surface area contributed by atoms with Gasteiger partial charge in [0.2, 0.25) is 0 Å². The minimum Gasteiger partial charge on any atom is -0.374 e. The lowest BCUT2D eigenvalue weighted by atomic mass is 9.68. The summed E-state index contributed by atoms with van der Waals surface area (Å²) in [7, 11) is 0. The molecule has 0 aromatic heterocycles. The monoisotopic (exact) mass is 251 g/mol. The Bertz CT molecular complexity index is 322. The zero-order valence-electron chi connectivity index (χ0n) is 12.5. The highest BCUT2D eigenvalue weighted by atomic mass is 16.5. The molecule has 2 heteroatoms. The van der Waals surface area contributed by atoms with Crippen LogP contribution in [0.25, 0.3) is 0 Å². The zero-order chi connectivity index (χ0) is 13.0. The highest BCUT2D eigenvalue weighted by Gasteiger charge is 2.59. The molecule has 104 valence electrons. The Labute approximate surface area is 112 Å². The molecule has 0 amide bonds. The molecule has 5 unspecified atom stereocenters. The first kappa shape index (κ1) is 12.9. The van der Waals surface area contributed by atoms with Crippen LogP contribution in [0.4, 0.5) is 0 Å². The van der Waals surface area contributed by atoms with Gasteiger partial charge in [-0.05, 0) is 55.8 Å². The first-order chi connectivity index (χ1) is 8.42. The lowest BCUT2D eigenvalue weighted by Gasteiger charge is -2.43. The fourth-order valence-electron chi connectivity index (χ4n) is 5.10. The van der Waals surface area contributed by atoms with Crippen LogP contribution in [-0.2, 0) is 4.74 Å². The van der Waals surface area contributed by atoms with Gasteiger partial charge in [-0.25, -0.2) is 0 Å². The molecule has 5 atom stereocenters. The second-order valence-electron chi connectivity index (χ2n) is 7.90. The van der Waals surface area contributed by atoms with Gasteiger partial charge in [0.1, 0.15) is 0 Å². The van der Waals surface area contributed by atoms with Crippen molar-refractivity contribution in [1.29, 1.82) is 0 Å². The predicted octanol–water partition coefficient (Wildman–Crippen LogP) is 3.36. The first-order valence-corrected chi connectivity index (χ1v) is 7.81. The van der Waals surface area contributed by atoms with E-state index in [1.165, 1.54) is 32.1 Å². The molecule has 3 rings (SSSR count). The Kier molecular flexibility index (Phi) is 3.02. The molecule has 3 fully saturated rings. The second-order valence-corrected chi connectivity index (χ2v) is 7.90. The molecule has 18 heavy (non-hydrogen) atoms. The van der Waals surface area contributed by atoms with Crippen LogP contribution in [0.2, 0.25) is 0 Å². The molecule has 2 aliphatic carbocycles. The normalized spacial score (nSPS) is 50.0. The fraction of sp³-hybridized carbons (Fsp3) is 1.00. The smallest absolute Gasteiger partial charge is 0.0704 e. The Morgan fingerprint density at radius 3 is 2.50 bits per heavy atom. The van der Waals surface area contributed by atoms with Gasteiger partial charge in [0.15, 0.2) is 0 Å². The molecule has 2 bridgehead atoms. The van der Waals surface area contributed by atoms with Crippen molar-refractivity contribution in [3.05, 3.63) is 0 Å². The van der Waals surface area contributed by atoms with Crippen LogP contribution in [0.15, 0.2) is 0 Å². The van der Waals surface area contributed by atoms with Crippen LogP contribution in [0.3, 0.4) is 0 Å². The average Bonchev–Trinajstić information content (AvgIpc) is 2.89. The third-order valence-electron chi connectivity index (χ3n) is 6.14. The zero-order valence-corrected chi connectivity index (χ0v) is 12.5. The van der Waals surface area contributed by atoms with Gasteiger partial charge >= 0.3 is 0 Å². The molecule has 2 saturated carbocycles. The Hall–Kier alpha value is -0.0800. The largest absolute Gasteiger partial charge is 0.374 e. The van der Waals surface area contributed by atoms with Crippen LogP contribution >= 0.6 is 0 Å². The van der Waals surface area contributed by atoms with Crippen LogP contribution in [0.1, 0.15) is 59.8 Å². The third kappa shape index (κ3) is 1.92. The molecule has 1 aliphatic heterocycles. The summed E-state index contributed by atoms with van der Waals surface area (Å²) in [5.41, 5.74) is 1.01. The van der Waals surface area contributed by atoms with E-state index in [4.69, 9.17) is 4.74 Å². The van der Waals surface area contributed by atoms with Crippen molar-refractivity contribution < 1.29 is 4.74 Å². The van der Waals surface area contributed by atoms with E-state index in [2.05, 4.69) is 33.0 Å². The summed E-state index contributed by atoms with van der Waals surface area (Å²) in [5, 5.41) is 3.88. The van der Waals surface area contributed by atoms with Crippen molar-refractivity contribution in [2.45, 2.75) is 78.0 Å². The minimum absolute atomic E-state index is 0.457. The summed E-state index contributed by atoms with van der Waals surface area (Å²) in [6, 6.07) is 0.684. The van der Waals surface area contributed by atoms with E-state index in [0.29, 0.717) is 29.1 Å². The summed E-state index contributed by atoms with van der Waals surface area (Å²) in [6.07, 6.45) is 7.69. The van der Waals surface area contributed by atoms with Crippen LogP contribution in [0.5, 0.6) is 0 Å². The van der Waals surface area contributed by atoms with Gasteiger partial charge in [-0.2, -0.15) is 0 Å². The number of fused-ring (bicyclic) bond motifs is 2. The van der Waals surface area contributed by atoms with Gasteiger partial charge in [-0.1, -0.05) is 20.8 Å². The van der Waals surface area contributed by atoms with Gasteiger partial charge < -0.3 is 10.1 Å². The van der Waals surface area contributed by atoms with Crippen molar-refractivity contribution >= 4 is 0 Å². The lowest BCUT2D eigenvalue weighted by molar-refractivity contribution is 0.0398. The molecule has 0 radical (unpaired) electrons. The molecule has 1 N–H and O–H groups in total. The fourth-order valence-corrected chi connectivity index (χ4v) is 5.10. The van der Waals surface area contributed by atoms with Crippen LogP contribution < -0.4 is 5.32 Å². The van der Waals surface area contributed by atoms with Crippen LogP contribution in [0, 0.1) is 16.7 Å². The Morgan fingerprint density at radius 2 is 1.94 bits per heavy atom. The molecular formula is C16H29NO. The van der Waals surface area contributed by atoms with Crippen LogP contribution in [-0.4, -0.2) is 24.8 Å². The maximum atomic E-state index is 5.94. The third-order valence-corrected chi connectivity index (χ3v) is 6.14. The average molecular weight is 251 g/mol. The highest BCUT2D eigenvalue weighted by molar-refractivity contribution is 5.12. The van der Waals surface area contributed by atoms with Crippen molar-refractivity contribution in [3.8, 4) is 0 Å². The van der Waals surface area contributed by atoms with Gasteiger partial charge in [-0.15, -0.1) is 0 Å². The predicted molar refractivity (Wildman–Crippen MR) is 74.6 cm³/mol. The quantitative estimate of drug-likeness (QED) is 0.830. The van der Waals surface area contributed by atoms with E-state index >= 15 is 0 Å². The summed E-state index contributed by atoms with van der Waals surface area (Å²) in [6.45, 7) is 10.7. The number of ether oxygens (including phenoxy) is 1. The molecule has 3 aliphatic rings. The number of nitrogens with one attached hydrogen (secondary N) is 1. The van der Waals surface area contributed by atoms with Gasteiger partial charge in [0, 0.05) is 12.6 Å².